The smallest absolute Gasteiger partial charge is 0.326 e. The maximum atomic E-state index is 14.5. The Hall–Kier alpha value is -1.08. The molecule has 9 heteroatoms. The summed E-state index contributed by atoms with van der Waals surface area (Å²) < 4.78 is 22.0. The second-order valence-corrected chi connectivity index (χ2v) is 6.70. The van der Waals surface area contributed by atoms with E-state index in [1.807, 2.05) is 0 Å². The van der Waals surface area contributed by atoms with Crippen molar-refractivity contribution in [1.29, 1.82) is 0 Å². The highest BCUT2D eigenvalue weighted by molar-refractivity contribution is 6.60. The van der Waals surface area contributed by atoms with Gasteiger partial charge in [0.1, 0.15) is 6.04 Å². The lowest BCUT2D eigenvalue weighted by Crippen LogP contribution is -2.59. The molecule has 126 valence electrons. The quantitative estimate of drug-likeness (QED) is 0.641. The van der Waals surface area contributed by atoms with Crippen LogP contribution in [0.3, 0.4) is 0 Å². The van der Waals surface area contributed by atoms with Gasteiger partial charge < -0.3 is 9.47 Å². The van der Waals surface area contributed by atoms with Crippen LogP contribution in [0, 0.1) is 5.82 Å². The van der Waals surface area contributed by atoms with Crippen molar-refractivity contribution >= 4 is 46.6 Å². The first-order valence-electron chi connectivity index (χ1n) is 6.50. The van der Waals surface area contributed by atoms with Gasteiger partial charge in [-0.2, -0.15) is 0 Å². The number of piperidine rings is 1. The SMILES string of the molecule is COC(=O)C1NC(c2ccc(Cl)c(OC)c2F)CC(=O)C1(Cl)Cl. The number of nitrogens with one attached hydrogen (secondary N) is 1. The molecule has 1 fully saturated rings. The van der Waals surface area contributed by atoms with Crippen molar-refractivity contribution in [1.82, 2.24) is 5.32 Å². The van der Waals surface area contributed by atoms with Gasteiger partial charge in [-0.05, 0) is 6.07 Å². The number of halogens is 4. The number of rotatable bonds is 3. The molecule has 0 spiro atoms. The number of carbonyl (C=O) groups is 2. The first-order valence-corrected chi connectivity index (χ1v) is 7.64. The van der Waals surface area contributed by atoms with Gasteiger partial charge in [0.05, 0.1) is 19.2 Å². The number of hydrogen-bond acceptors (Lipinski definition) is 5. The Balaban J connectivity index is 2.42. The molecule has 5 nitrogen and oxygen atoms in total. The standard InChI is InChI=1S/C14H13Cl3FNO4/c1-22-11-7(15)4-3-6(10(11)18)8-5-9(20)14(16,17)12(19-8)13(21)23-2/h3-4,8,12,19H,5H2,1-2H3. The zero-order valence-electron chi connectivity index (χ0n) is 12.2. The topological polar surface area (TPSA) is 64.6 Å². The summed E-state index contributed by atoms with van der Waals surface area (Å²) in [5.74, 6) is -2.32. The summed E-state index contributed by atoms with van der Waals surface area (Å²) in [6.07, 6.45) is -0.206. The van der Waals surface area contributed by atoms with Gasteiger partial charge in [-0.1, -0.05) is 40.9 Å². The minimum atomic E-state index is -1.99. The van der Waals surface area contributed by atoms with Crippen molar-refractivity contribution in [2.24, 2.45) is 0 Å². The van der Waals surface area contributed by atoms with Crippen LogP contribution in [0.15, 0.2) is 12.1 Å². The van der Waals surface area contributed by atoms with E-state index in [-0.39, 0.29) is 22.8 Å². The van der Waals surface area contributed by atoms with Crippen LogP contribution in [0.1, 0.15) is 18.0 Å². The molecule has 1 saturated heterocycles. The highest BCUT2D eigenvalue weighted by Gasteiger charge is 2.52. The monoisotopic (exact) mass is 383 g/mol. The van der Waals surface area contributed by atoms with Gasteiger partial charge in [-0.15, -0.1) is 0 Å². The Labute approximate surface area is 147 Å². The van der Waals surface area contributed by atoms with E-state index in [2.05, 4.69) is 10.1 Å². The van der Waals surface area contributed by atoms with Crippen LogP contribution >= 0.6 is 34.8 Å². The molecule has 0 saturated carbocycles. The molecular formula is C14H13Cl3FNO4. The van der Waals surface area contributed by atoms with Gasteiger partial charge >= 0.3 is 5.97 Å². The Morgan fingerprint density at radius 2 is 2.04 bits per heavy atom. The van der Waals surface area contributed by atoms with Gasteiger partial charge in [0, 0.05) is 18.0 Å². The lowest BCUT2D eigenvalue weighted by atomic mass is 9.91. The van der Waals surface area contributed by atoms with Crippen LogP contribution in [0.2, 0.25) is 5.02 Å². The minimum absolute atomic E-state index is 0.0874. The number of methoxy groups -OCH3 is 2. The second-order valence-electron chi connectivity index (χ2n) is 4.91. The molecular weight excluding hydrogens is 372 g/mol. The van der Waals surface area contributed by atoms with Crippen molar-refractivity contribution in [3.63, 3.8) is 0 Å². The average molecular weight is 385 g/mol. The summed E-state index contributed by atoms with van der Waals surface area (Å²) in [4.78, 5) is 24.0. The lowest BCUT2D eigenvalue weighted by molar-refractivity contribution is -0.146. The molecule has 23 heavy (non-hydrogen) atoms. The van der Waals surface area contributed by atoms with Gasteiger partial charge in [0.2, 0.25) is 4.33 Å². The van der Waals surface area contributed by atoms with Gasteiger partial charge in [0.25, 0.3) is 0 Å². The number of ether oxygens (including phenoxy) is 2. The van der Waals surface area contributed by atoms with Crippen molar-refractivity contribution in [3.8, 4) is 5.75 Å². The van der Waals surface area contributed by atoms with Crippen molar-refractivity contribution in [2.45, 2.75) is 22.8 Å². The van der Waals surface area contributed by atoms with E-state index >= 15 is 0 Å². The van der Waals surface area contributed by atoms with Gasteiger partial charge in [-0.25, -0.2) is 4.39 Å². The molecule has 1 aromatic rings. The normalized spacial score (nSPS) is 23.5. The predicted molar refractivity (Wildman–Crippen MR) is 83.7 cm³/mol. The number of alkyl halides is 2. The predicted octanol–water partition coefficient (Wildman–Crippen LogP) is 2.81. The molecule has 2 rings (SSSR count). The van der Waals surface area contributed by atoms with E-state index in [1.54, 1.807) is 0 Å². The molecule has 1 N–H and O–H groups in total. The van der Waals surface area contributed by atoms with E-state index in [4.69, 9.17) is 39.5 Å². The van der Waals surface area contributed by atoms with Crippen LogP contribution in [0.25, 0.3) is 0 Å². The maximum Gasteiger partial charge on any atom is 0.326 e. The molecule has 0 aliphatic carbocycles. The highest BCUT2D eigenvalue weighted by Crippen LogP contribution is 2.40. The van der Waals surface area contributed by atoms with E-state index in [9.17, 15) is 14.0 Å². The Kier molecular flexibility index (Phi) is 5.41. The van der Waals surface area contributed by atoms with Crippen LogP contribution in [-0.2, 0) is 14.3 Å². The maximum absolute atomic E-state index is 14.5. The van der Waals surface area contributed by atoms with Crippen molar-refractivity contribution < 1.29 is 23.5 Å². The number of carbonyl (C=O) groups excluding carboxylic acids is 2. The van der Waals surface area contributed by atoms with Gasteiger partial charge in [-0.3, -0.25) is 14.9 Å². The van der Waals surface area contributed by atoms with Gasteiger partial charge in [0.15, 0.2) is 17.3 Å². The summed E-state index contributed by atoms with van der Waals surface area (Å²) in [7, 11) is 2.40. The molecule has 1 aliphatic rings. The zero-order valence-corrected chi connectivity index (χ0v) is 14.4. The molecule has 1 aromatic carbocycles. The summed E-state index contributed by atoms with van der Waals surface area (Å²) in [6, 6.07) is 0.669. The lowest BCUT2D eigenvalue weighted by Gasteiger charge is -2.37. The third-order valence-corrected chi connectivity index (χ3v) is 4.74. The van der Waals surface area contributed by atoms with Crippen LogP contribution < -0.4 is 10.1 Å². The van der Waals surface area contributed by atoms with Crippen LogP contribution in [-0.4, -0.2) is 36.3 Å². The number of ketones is 1. The first kappa shape index (κ1) is 18.3. The molecule has 0 amide bonds. The Morgan fingerprint density at radius 1 is 1.39 bits per heavy atom. The molecule has 0 aromatic heterocycles. The second kappa shape index (κ2) is 6.81. The summed E-state index contributed by atoms with van der Waals surface area (Å²) in [6.45, 7) is 0. The molecule has 2 unspecified atom stereocenters. The Bertz CT molecular complexity index is 653. The highest BCUT2D eigenvalue weighted by atomic mass is 35.5. The fourth-order valence-corrected chi connectivity index (χ4v) is 3.07. The van der Waals surface area contributed by atoms with E-state index in [0.717, 1.165) is 7.11 Å². The fourth-order valence-electron chi connectivity index (χ4n) is 2.38. The summed E-state index contributed by atoms with van der Waals surface area (Å²) in [5.41, 5.74) is 0.109. The minimum Gasteiger partial charge on any atom is -0.492 e. The average Bonchev–Trinajstić information content (AvgIpc) is 2.50. The van der Waals surface area contributed by atoms with Crippen molar-refractivity contribution in [3.05, 3.63) is 28.5 Å². The summed E-state index contributed by atoms with van der Waals surface area (Å²) in [5, 5.41) is 2.84. The third kappa shape index (κ3) is 3.26. The number of esters is 1. The van der Waals surface area contributed by atoms with E-state index in [1.165, 1.54) is 19.2 Å². The van der Waals surface area contributed by atoms with E-state index in [0.29, 0.717) is 0 Å². The molecule has 0 bridgehead atoms. The number of hydrogen-bond donors (Lipinski definition) is 1. The van der Waals surface area contributed by atoms with E-state index < -0.39 is 34.0 Å². The zero-order chi connectivity index (χ0) is 17.4. The molecule has 1 aliphatic heterocycles. The number of Topliss-reactive ketones (excluding diaryl/α,β-unsaturated/α-hetero) is 1. The Morgan fingerprint density at radius 3 is 2.61 bits per heavy atom. The van der Waals surface area contributed by atoms with Crippen LogP contribution in [0.5, 0.6) is 5.75 Å². The van der Waals surface area contributed by atoms with Crippen molar-refractivity contribution in [2.75, 3.05) is 14.2 Å². The molecule has 1 heterocycles. The molecule has 0 radical (unpaired) electrons. The largest absolute Gasteiger partial charge is 0.492 e. The summed E-state index contributed by atoms with van der Waals surface area (Å²) >= 11 is 17.8. The number of benzene rings is 1. The first-order chi connectivity index (χ1) is 10.7. The third-order valence-electron chi connectivity index (χ3n) is 3.59. The fraction of sp³-hybridized carbons (Fsp3) is 0.429. The molecule has 2 atom stereocenters. The van der Waals surface area contributed by atoms with Crippen LogP contribution in [0.4, 0.5) is 4.39 Å².